The summed E-state index contributed by atoms with van der Waals surface area (Å²) < 4.78 is 0. The molecular weight excluding hydrogens is 282 g/mol. The number of aromatic nitrogens is 2. The molecule has 112 valence electrons. The van der Waals surface area contributed by atoms with Crippen molar-refractivity contribution in [1.29, 1.82) is 0 Å². The average Bonchev–Trinajstić information content (AvgIpc) is 3.17. The molecule has 0 unspecified atom stereocenters. The number of imidazole rings is 1. The van der Waals surface area contributed by atoms with Gasteiger partial charge in [-0.3, -0.25) is 4.79 Å². The lowest BCUT2D eigenvalue weighted by molar-refractivity contribution is 0.0731. The van der Waals surface area contributed by atoms with Crippen molar-refractivity contribution >= 4 is 17.2 Å². The Balaban J connectivity index is 1.82. The summed E-state index contributed by atoms with van der Waals surface area (Å²) in [5, 5.41) is 1.99. The van der Waals surface area contributed by atoms with E-state index < -0.39 is 0 Å². The third-order valence-electron chi connectivity index (χ3n) is 3.99. The maximum absolute atomic E-state index is 12.8. The largest absolute Gasteiger partial charge is 0.344 e. The molecule has 5 heteroatoms. The predicted octanol–water partition coefficient (Wildman–Crippen LogP) is 3.88. The normalized spacial score (nSPS) is 18.7. The lowest BCUT2D eigenvalue weighted by atomic mass is 10.1. The Morgan fingerprint density at radius 1 is 1.52 bits per heavy atom. The highest BCUT2D eigenvalue weighted by Crippen LogP contribution is 2.33. The molecular formula is C16H21N3OS. The first-order valence-corrected chi connectivity index (χ1v) is 8.35. The van der Waals surface area contributed by atoms with Crippen LogP contribution in [0.1, 0.15) is 65.4 Å². The van der Waals surface area contributed by atoms with Crippen LogP contribution >= 0.6 is 11.3 Å². The van der Waals surface area contributed by atoms with Gasteiger partial charge in [-0.25, -0.2) is 4.98 Å². The van der Waals surface area contributed by atoms with E-state index in [-0.39, 0.29) is 11.9 Å². The first-order chi connectivity index (χ1) is 10.1. The SMILES string of the molecule is Cc1cnc([C@@H]2CCCN2C(=O)c2csc(C(C)C)c2)[nH]1. The Morgan fingerprint density at radius 3 is 2.95 bits per heavy atom. The number of amides is 1. The molecule has 0 aliphatic carbocycles. The first kappa shape index (κ1) is 14.3. The summed E-state index contributed by atoms with van der Waals surface area (Å²) in [6.07, 6.45) is 3.86. The molecule has 1 aliphatic heterocycles. The molecule has 1 saturated heterocycles. The first-order valence-electron chi connectivity index (χ1n) is 7.47. The third-order valence-corrected chi connectivity index (χ3v) is 5.22. The molecule has 1 amide bonds. The van der Waals surface area contributed by atoms with Crippen LogP contribution in [0.15, 0.2) is 17.6 Å². The van der Waals surface area contributed by atoms with Gasteiger partial charge < -0.3 is 9.88 Å². The van der Waals surface area contributed by atoms with Crippen LogP contribution in [0.4, 0.5) is 0 Å². The highest BCUT2D eigenvalue weighted by atomic mass is 32.1. The monoisotopic (exact) mass is 303 g/mol. The number of nitrogens with zero attached hydrogens (tertiary/aromatic N) is 2. The van der Waals surface area contributed by atoms with Gasteiger partial charge in [-0.15, -0.1) is 11.3 Å². The zero-order valence-corrected chi connectivity index (χ0v) is 13.5. The molecule has 1 N–H and O–H groups in total. The van der Waals surface area contributed by atoms with Gasteiger partial charge >= 0.3 is 0 Å². The minimum Gasteiger partial charge on any atom is -0.344 e. The van der Waals surface area contributed by atoms with Crippen LogP contribution in [0.3, 0.4) is 0 Å². The van der Waals surface area contributed by atoms with E-state index in [0.29, 0.717) is 5.92 Å². The van der Waals surface area contributed by atoms with Crippen molar-refractivity contribution in [3.8, 4) is 0 Å². The molecule has 2 aromatic heterocycles. The van der Waals surface area contributed by atoms with E-state index in [0.717, 1.165) is 36.5 Å². The number of likely N-dealkylation sites (tertiary alicyclic amines) is 1. The number of hydrogen-bond acceptors (Lipinski definition) is 3. The van der Waals surface area contributed by atoms with Crippen molar-refractivity contribution in [3.63, 3.8) is 0 Å². The molecule has 2 aromatic rings. The van der Waals surface area contributed by atoms with Crippen molar-refractivity contribution in [2.24, 2.45) is 0 Å². The zero-order chi connectivity index (χ0) is 15.0. The summed E-state index contributed by atoms with van der Waals surface area (Å²) >= 11 is 1.67. The van der Waals surface area contributed by atoms with E-state index in [1.165, 1.54) is 4.88 Å². The van der Waals surface area contributed by atoms with Crippen LogP contribution in [0, 0.1) is 6.92 Å². The zero-order valence-electron chi connectivity index (χ0n) is 12.7. The summed E-state index contributed by atoms with van der Waals surface area (Å²) in [5.74, 6) is 1.52. The Kier molecular flexibility index (Phi) is 3.85. The van der Waals surface area contributed by atoms with Gasteiger partial charge in [0, 0.05) is 28.7 Å². The van der Waals surface area contributed by atoms with E-state index in [1.54, 1.807) is 11.3 Å². The van der Waals surface area contributed by atoms with Crippen LogP contribution in [0.2, 0.25) is 0 Å². The summed E-state index contributed by atoms with van der Waals surface area (Å²) in [6.45, 7) is 7.12. The lowest BCUT2D eigenvalue weighted by Crippen LogP contribution is -2.30. The van der Waals surface area contributed by atoms with E-state index in [1.807, 2.05) is 29.5 Å². The Hall–Kier alpha value is -1.62. The molecule has 21 heavy (non-hydrogen) atoms. The predicted molar refractivity (Wildman–Crippen MR) is 84.7 cm³/mol. The van der Waals surface area contributed by atoms with Gasteiger partial charge in [0.05, 0.1) is 11.6 Å². The lowest BCUT2D eigenvalue weighted by Gasteiger charge is -2.22. The van der Waals surface area contributed by atoms with Crippen molar-refractivity contribution in [1.82, 2.24) is 14.9 Å². The summed E-state index contributed by atoms with van der Waals surface area (Å²) in [4.78, 5) is 23.7. The van der Waals surface area contributed by atoms with Crippen LogP contribution in [0.25, 0.3) is 0 Å². The fourth-order valence-corrected chi connectivity index (χ4v) is 3.73. The number of hydrogen-bond donors (Lipinski definition) is 1. The number of H-pyrrole nitrogens is 1. The van der Waals surface area contributed by atoms with Gasteiger partial charge in [0.2, 0.25) is 0 Å². The quantitative estimate of drug-likeness (QED) is 0.935. The van der Waals surface area contributed by atoms with Crippen LogP contribution in [0.5, 0.6) is 0 Å². The summed E-state index contributed by atoms with van der Waals surface area (Å²) in [7, 11) is 0. The second-order valence-electron chi connectivity index (χ2n) is 6.00. The average molecular weight is 303 g/mol. The van der Waals surface area contributed by atoms with E-state index in [2.05, 4.69) is 23.8 Å². The van der Waals surface area contributed by atoms with Gasteiger partial charge in [-0.05, 0) is 31.7 Å². The second-order valence-corrected chi connectivity index (χ2v) is 6.94. The van der Waals surface area contributed by atoms with Gasteiger partial charge in [-0.2, -0.15) is 0 Å². The third kappa shape index (κ3) is 2.75. The highest BCUT2D eigenvalue weighted by molar-refractivity contribution is 7.10. The van der Waals surface area contributed by atoms with Gasteiger partial charge in [0.25, 0.3) is 5.91 Å². The van der Waals surface area contributed by atoms with Gasteiger partial charge in [0.15, 0.2) is 0 Å². The molecule has 3 heterocycles. The molecule has 0 bridgehead atoms. The van der Waals surface area contributed by atoms with Crippen molar-refractivity contribution in [3.05, 3.63) is 39.6 Å². The number of nitrogens with one attached hydrogen (secondary N) is 1. The summed E-state index contributed by atoms with van der Waals surface area (Å²) in [5.41, 5.74) is 1.86. The number of rotatable bonds is 3. The molecule has 1 fully saturated rings. The van der Waals surface area contributed by atoms with Crippen molar-refractivity contribution in [2.75, 3.05) is 6.54 Å². The molecule has 0 radical (unpaired) electrons. The number of aromatic amines is 1. The van der Waals surface area contributed by atoms with E-state index in [9.17, 15) is 4.79 Å². The minimum atomic E-state index is 0.0913. The number of thiophene rings is 1. The van der Waals surface area contributed by atoms with Crippen LogP contribution in [-0.4, -0.2) is 27.3 Å². The number of carbonyl (C=O) groups excluding carboxylic acids is 1. The molecule has 1 atom stereocenters. The van der Waals surface area contributed by atoms with Crippen molar-refractivity contribution < 1.29 is 4.79 Å². The Labute approximate surface area is 129 Å². The standard InChI is InChI=1S/C16H21N3OS/c1-10(2)14-7-12(9-21-14)16(20)19-6-4-5-13(19)15-17-8-11(3)18-15/h7-10,13H,4-6H2,1-3H3,(H,17,18)/t13-/m0/s1. The summed E-state index contributed by atoms with van der Waals surface area (Å²) in [6, 6.07) is 2.13. The minimum absolute atomic E-state index is 0.0913. The van der Waals surface area contributed by atoms with E-state index in [4.69, 9.17) is 0 Å². The molecule has 0 saturated carbocycles. The van der Waals surface area contributed by atoms with Crippen LogP contribution in [-0.2, 0) is 0 Å². The molecule has 0 spiro atoms. The molecule has 3 rings (SSSR count). The smallest absolute Gasteiger partial charge is 0.255 e. The van der Waals surface area contributed by atoms with E-state index >= 15 is 0 Å². The van der Waals surface area contributed by atoms with Crippen LogP contribution < -0.4 is 0 Å². The topological polar surface area (TPSA) is 49.0 Å². The second kappa shape index (κ2) is 5.64. The Morgan fingerprint density at radius 2 is 2.33 bits per heavy atom. The maximum Gasteiger partial charge on any atom is 0.255 e. The van der Waals surface area contributed by atoms with Crippen molar-refractivity contribution in [2.45, 2.75) is 45.6 Å². The fourth-order valence-electron chi connectivity index (χ4n) is 2.83. The highest BCUT2D eigenvalue weighted by Gasteiger charge is 2.32. The number of carbonyl (C=O) groups is 1. The molecule has 1 aliphatic rings. The molecule has 4 nitrogen and oxygen atoms in total. The number of aryl methyl sites for hydroxylation is 1. The molecule has 0 aromatic carbocycles. The fraction of sp³-hybridized carbons (Fsp3) is 0.500. The van der Waals surface area contributed by atoms with Gasteiger partial charge in [-0.1, -0.05) is 13.8 Å². The Bertz CT molecular complexity index is 643. The maximum atomic E-state index is 12.8. The van der Waals surface area contributed by atoms with Gasteiger partial charge in [0.1, 0.15) is 5.82 Å².